The summed E-state index contributed by atoms with van der Waals surface area (Å²) in [5, 5.41) is 16.2. The summed E-state index contributed by atoms with van der Waals surface area (Å²) in [7, 11) is 0. The maximum absolute atomic E-state index is 14.2. The lowest BCUT2D eigenvalue weighted by Gasteiger charge is -2.41. The van der Waals surface area contributed by atoms with E-state index in [9.17, 15) is 4.39 Å². The van der Waals surface area contributed by atoms with Gasteiger partial charge in [-0.1, -0.05) is 13.3 Å². The van der Waals surface area contributed by atoms with Crippen LogP contribution >= 0.6 is 11.3 Å². The first kappa shape index (κ1) is 19.8. The van der Waals surface area contributed by atoms with Crippen LogP contribution in [0.4, 0.5) is 10.2 Å². The van der Waals surface area contributed by atoms with E-state index in [0.717, 1.165) is 49.5 Å². The normalized spacial score (nSPS) is 15.1. The van der Waals surface area contributed by atoms with Gasteiger partial charge < -0.3 is 10.6 Å². The second kappa shape index (κ2) is 8.92. The highest BCUT2D eigenvalue weighted by molar-refractivity contribution is 7.14. The molecule has 152 valence electrons. The van der Waals surface area contributed by atoms with Crippen molar-refractivity contribution in [2.45, 2.75) is 44.6 Å². The molecule has 4 rings (SSSR count). The van der Waals surface area contributed by atoms with E-state index in [1.807, 2.05) is 18.3 Å². The van der Waals surface area contributed by atoms with Crippen LogP contribution in [-0.2, 0) is 12.0 Å². The average molecular weight is 413 g/mol. The summed E-state index contributed by atoms with van der Waals surface area (Å²) in [5.74, 6) is 0.446. The third-order valence-electron chi connectivity index (χ3n) is 5.34. The predicted octanol–water partition coefficient (Wildman–Crippen LogP) is 4.17. The number of nitrogens with zero attached hydrogens (tertiary/aromatic N) is 4. The van der Waals surface area contributed by atoms with Crippen LogP contribution in [0.1, 0.15) is 43.2 Å². The van der Waals surface area contributed by atoms with Gasteiger partial charge >= 0.3 is 0 Å². The summed E-state index contributed by atoms with van der Waals surface area (Å²) < 4.78 is 14.2. The lowest BCUT2D eigenvalue weighted by atomic mass is 9.66. The van der Waals surface area contributed by atoms with Gasteiger partial charge in [-0.3, -0.25) is 4.98 Å². The molecule has 1 aliphatic carbocycles. The Bertz CT molecular complexity index is 938. The molecule has 0 spiro atoms. The number of nitrogens with one attached hydrogen (secondary N) is 2. The van der Waals surface area contributed by atoms with Gasteiger partial charge in [-0.15, -0.1) is 21.5 Å². The molecule has 1 saturated carbocycles. The summed E-state index contributed by atoms with van der Waals surface area (Å²) in [6.45, 7) is 4.57. The van der Waals surface area contributed by atoms with Crippen LogP contribution in [0.5, 0.6) is 0 Å². The fourth-order valence-corrected chi connectivity index (χ4v) is 4.42. The number of thiazole rings is 1. The summed E-state index contributed by atoms with van der Waals surface area (Å²) in [4.78, 5) is 9.94. The molecule has 3 aromatic heterocycles. The van der Waals surface area contributed by atoms with Gasteiger partial charge in [-0.05, 0) is 50.1 Å². The fourth-order valence-electron chi connectivity index (χ4n) is 3.57. The molecule has 0 amide bonds. The summed E-state index contributed by atoms with van der Waals surface area (Å²) in [6, 6.07) is 6.94. The molecular formula is C21H25FN6S. The lowest BCUT2D eigenvalue weighted by molar-refractivity contribution is 0.243. The molecule has 6 nitrogen and oxygen atoms in total. The number of rotatable bonds is 9. The van der Waals surface area contributed by atoms with Gasteiger partial charge in [-0.2, -0.15) is 0 Å². The maximum atomic E-state index is 14.2. The first-order valence-electron chi connectivity index (χ1n) is 10.0. The summed E-state index contributed by atoms with van der Waals surface area (Å²) in [5.41, 5.74) is 1.05. The Kier molecular flexibility index (Phi) is 6.10. The van der Waals surface area contributed by atoms with Crippen molar-refractivity contribution in [2.24, 2.45) is 0 Å². The Morgan fingerprint density at radius 2 is 2.07 bits per heavy atom. The minimum atomic E-state index is -0.263. The quantitative estimate of drug-likeness (QED) is 0.514. The molecule has 0 aliphatic heterocycles. The Morgan fingerprint density at radius 1 is 1.17 bits per heavy atom. The lowest BCUT2D eigenvalue weighted by Crippen LogP contribution is -2.42. The van der Waals surface area contributed by atoms with E-state index >= 15 is 0 Å². The van der Waals surface area contributed by atoms with E-state index in [1.165, 1.54) is 10.9 Å². The molecule has 3 aromatic rings. The highest BCUT2D eigenvalue weighted by Crippen LogP contribution is 2.43. The van der Waals surface area contributed by atoms with Gasteiger partial charge in [-0.25, -0.2) is 9.37 Å². The minimum absolute atomic E-state index is 0.233. The SMILES string of the molecule is CCCNCc1cnc(-c2ccc(NCC3(c4ncccc4F)CCC3)nn2)s1. The zero-order chi connectivity index (χ0) is 20.1. The van der Waals surface area contributed by atoms with Gasteiger partial charge in [0.1, 0.15) is 22.3 Å². The van der Waals surface area contributed by atoms with Gasteiger partial charge in [0.25, 0.3) is 0 Å². The second-order valence-electron chi connectivity index (χ2n) is 7.43. The molecule has 29 heavy (non-hydrogen) atoms. The van der Waals surface area contributed by atoms with Crippen molar-refractivity contribution in [1.29, 1.82) is 0 Å². The number of hydrogen-bond donors (Lipinski definition) is 2. The Hall–Kier alpha value is -2.45. The topological polar surface area (TPSA) is 75.6 Å². The Balaban J connectivity index is 1.39. The third kappa shape index (κ3) is 4.43. The molecule has 3 heterocycles. The smallest absolute Gasteiger partial charge is 0.148 e. The van der Waals surface area contributed by atoms with Crippen LogP contribution in [-0.4, -0.2) is 33.3 Å². The maximum Gasteiger partial charge on any atom is 0.148 e. The van der Waals surface area contributed by atoms with Crippen molar-refractivity contribution < 1.29 is 4.39 Å². The first-order chi connectivity index (χ1) is 14.2. The van der Waals surface area contributed by atoms with Gasteiger partial charge in [0.05, 0.1) is 5.69 Å². The van der Waals surface area contributed by atoms with Crippen LogP contribution in [0.2, 0.25) is 0 Å². The summed E-state index contributed by atoms with van der Waals surface area (Å²) in [6.07, 6.45) is 7.59. The van der Waals surface area contributed by atoms with E-state index < -0.39 is 0 Å². The molecule has 0 bridgehead atoms. The molecular weight excluding hydrogens is 387 g/mol. The van der Waals surface area contributed by atoms with Gasteiger partial charge in [0.15, 0.2) is 0 Å². The van der Waals surface area contributed by atoms with Crippen molar-refractivity contribution in [3.8, 4) is 10.7 Å². The Labute approximate surface area is 174 Å². The van der Waals surface area contributed by atoms with Crippen LogP contribution in [0.3, 0.4) is 0 Å². The van der Waals surface area contributed by atoms with Crippen molar-refractivity contribution in [1.82, 2.24) is 25.5 Å². The van der Waals surface area contributed by atoms with Crippen LogP contribution in [0.25, 0.3) is 10.7 Å². The van der Waals surface area contributed by atoms with E-state index in [1.54, 1.807) is 23.6 Å². The molecule has 0 atom stereocenters. The molecule has 1 aliphatic rings. The molecule has 2 N–H and O–H groups in total. The van der Waals surface area contributed by atoms with Crippen molar-refractivity contribution in [2.75, 3.05) is 18.4 Å². The number of hydrogen-bond acceptors (Lipinski definition) is 7. The van der Waals surface area contributed by atoms with Crippen molar-refractivity contribution >= 4 is 17.2 Å². The molecule has 0 unspecified atom stereocenters. The van der Waals surface area contributed by atoms with E-state index in [4.69, 9.17) is 0 Å². The second-order valence-corrected chi connectivity index (χ2v) is 8.55. The molecule has 0 radical (unpaired) electrons. The first-order valence-corrected chi connectivity index (χ1v) is 10.9. The van der Waals surface area contributed by atoms with E-state index in [0.29, 0.717) is 18.1 Å². The standard InChI is InChI=1S/C21H25FN6S/c1-2-10-23-12-15-13-25-20(29-15)17-6-7-18(28-27-17)26-14-21(8-4-9-21)19-16(22)5-3-11-24-19/h3,5-7,11,13,23H,2,4,8-10,12,14H2,1H3,(H,26,28). The zero-order valence-electron chi connectivity index (χ0n) is 16.5. The van der Waals surface area contributed by atoms with Crippen LogP contribution in [0.15, 0.2) is 36.7 Å². The summed E-state index contributed by atoms with van der Waals surface area (Å²) >= 11 is 1.63. The third-order valence-corrected chi connectivity index (χ3v) is 6.36. The Morgan fingerprint density at radius 3 is 2.76 bits per heavy atom. The van der Waals surface area contributed by atoms with Crippen LogP contribution in [0, 0.1) is 5.82 Å². The fraction of sp³-hybridized carbons (Fsp3) is 0.429. The molecule has 8 heteroatoms. The minimum Gasteiger partial charge on any atom is -0.368 e. The number of pyridine rings is 1. The number of anilines is 1. The molecule has 0 aromatic carbocycles. The van der Waals surface area contributed by atoms with E-state index in [-0.39, 0.29) is 11.2 Å². The average Bonchev–Trinajstić information content (AvgIpc) is 3.18. The van der Waals surface area contributed by atoms with Gasteiger partial charge in [0.2, 0.25) is 0 Å². The molecule has 0 saturated heterocycles. The zero-order valence-corrected chi connectivity index (χ0v) is 17.3. The van der Waals surface area contributed by atoms with Gasteiger partial charge in [0, 0.05) is 35.8 Å². The van der Waals surface area contributed by atoms with Crippen molar-refractivity contribution in [3.05, 3.63) is 53.0 Å². The number of halogens is 1. The van der Waals surface area contributed by atoms with E-state index in [2.05, 4.69) is 37.7 Å². The largest absolute Gasteiger partial charge is 0.368 e. The van der Waals surface area contributed by atoms with Crippen LogP contribution < -0.4 is 10.6 Å². The highest BCUT2D eigenvalue weighted by atomic mass is 32.1. The monoisotopic (exact) mass is 412 g/mol. The number of aromatic nitrogens is 4. The van der Waals surface area contributed by atoms with Crippen molar-refractivity contribution in [3.63, 3.8) is 0 Å². The highest BCUT2D eigenvalue weighted by Gasteiger charge is 2.41. The predicted molar refractivity (Wildman–Crippen MR) is 113 cm³/mol. The molecule has 1 fully saturated rings.